The third-order valence-electron chi connectivity index (χ3n) is 5.53. The van der Waals surface area contributed by atoms with Crippen LogP contribution in [-0.4, -0.2) is 77.4 Å². The SMILES string of the molecule is C=C(/C=C(/Cl)CC(NC(=O)[C@@H]1C[C@@H](F)[C@H](C)N1C(=O)OC(C)(C)C)N(C)C(=NCC)C(F)(F)F)CC. The van der Waals surface area contributed by atoms with Gasteiger partial charge in [0.15, 0.2) is 0 Å². The molecule has 0 bridgehead atoms. The van der Waals surface area contributed by atoms with Crippen LogP contribution in [0.1, 0.15) is 60.8 Å². The number of rotatable bonds is 8. The molecule has 1 N–H and O–H groups in total. The summed E-state index contributed by atoms with van der Waals surface area (Å²) in [5.41, 5.74) is -0.250. The van der Waals surface area contributed by atoms with Crippen molar-refractivity contribution < 1.29 is 31.9 Å². The van der Waals surface area contributed by atoms with Crippen molar-refractivity contribution in [1.29, 1.82) is 0 Å². The van der Waals surface area contributed by atoms with E-state index in [1.165, 1.54) is 19.9 Å². The fourth-order valence-corrected chi connectivity index (χ4v) is 3.93. The lowest BCUT2D eigenvalue weighted by molar-refractivity contribution is -0.127. The van der Waals surface area contributed by atoms with E-state index >= 15 is 0 Å². The maximum atomic E-state index is 14.6. The van der Waals surface area contributed by atoms with Crippen LogP contribution in [0.3, 0.4) is 0 Å². The van der Waals surface area contributed by atoms with E-state index in [0.29, 0.717) is 12.0 Å². The van der Waals surface area contributed by atoms with Gasteiger partial charge in [-0.05, 0) is 47.1 Å². The van der Waals surface area contributed by atoms with Gasteiger partial charge in [0.1, 0.15) is 24.0 Å². The number of halogens is 5. The summed E-state index contributed by atoms with van der Waals surface area (Å²) in [6.07, 6.45) is -6.96. The highest BCUT2D eigenvalue weighted by atomic mass is 35.5. The number of carbonyl (C=O) groups is 2. The number of likely N-dealkylation sites (tertiary alicyclic amines) is 1. The molecule has 2 amide bonds. The Labute approximate surface area is 215 Å². The van der Waals surface area contributed by atoms with Crippen molar-refractivity contribution in [1.82, 2.24) is 15.1 Å². The highest BCUT2D eigenvalue weighted by Crippen LogP contribution is 2.30. The average Bonchev–Trinajstić information content (AvgIpc) is 3.03. The maximum Gasteiger partial charge on any atom is 0.449 e. The number of aliphatic imine (C=N–C) groups is 1. The third kappa shape index (κ3) is 8.97. The normalized spacial score (nSPS) is 22.3. The number of hydrogen-bond donors (Lipinski definition) is 1. The van der Waals surface area contributed by atoms with Gasteiger partial charge in [0.2, 0.25) is 11.7 Å². The molecule has 1 rings (SSSR count). The minimum Gasteiger partial charge on any atom is -0.444 e. The summed E-state index contributed by atoms with van der Waals surface area (Å²) in [5, 5.41) is 2.67. The van der Waals surface area contributed by atoms with Crippen LogP contribution in [0.15, 0.2) is 28.3 Å². The molecule has 1 unspecified atom stereocenters. The number of nitrogens with zero attached hydrogens (tertiary/aromatic N) is 3. The molecule has 1 aliphatic heterocycles. The topological polar surface area (TPSA) is 74.2 Å². The van der Waals surface area contributed by atoms with Crippen LogP contribution in [0.25, 0.3) is 0 Å². The molecular formula is C24H37ClF4N4O3. The predicted octanol–water partition coefficient (Wildman–Crippen LogP) is 5.56. The van der Waals surface area contributed by atoms with E-state index in [9.17, 15) is 27.2 Å². The Morgan fingerprint density at radius 3 is 2.36 bits per heavy atom. The Hall–Kier alpha value is -2.30. The zero-order chi connectivity index (χ0) is 28.0. The van der Waals surface area contributed by atoms with Gasteiger partial charge < -0.3 is 15.0 Å². The lowest BCUT2D eigenvalue weighted by atomic mass is 10.1. The number of carbonyl (C=O) groups excluding carboxylic acids is 2. The number of amides is 2. The Balaban J connectivity index is 3.34. The highest BCUT2D eigenvalue weighted by Gasteiger charge is 2.48. The zero-order valence-corrected chi connectivity index (χ0v) is 22.6. The Morgan fingerprint density at radius 1 is 1.31 bits per heavy atom. The van der Waals surface area contributed by atoms with E-state index in [-0.39, 0.29) is 24.4 Å². The number of nitrogens with one attached hydrogen (secondary N) is 1. The predicted molar refractivity (Wildman–Crippen MR) is 133 cm³/mol. The molecule has 7 nitrogen and oxygen atoms in total. The molecule has 12 heteroatoms. The molecule has 0 aromatic rings. The van der Waals surface area contributed by atoms with Gasteiger partial charge in [-0.25, -0.2) is 9.18 Å². The second kappa shape index (κ2) is 12.8. The van der Waals surface area contributed by atoms with Gasteiger partial charge in [0, 0.05) is 31.5 Å². The fraction of sp³-hybridized carbons (Fsp3) is 0.708. The first-order chi connectivity index (χ1) is 16.4. The smallest absolute Gasteiger partial charge is 0.444 e. The molecule has 0 aromatic heterocycles. The molecule has 1 saturated heterocycles. The fourth-order valence-electron chi connectivity index (χ4n) is 3.63. The van der Waals surface area contributed by atoms with Crippen LogP contribution in [-0.2, 0) is 9.53 Å². The first kappa shape index (κ1) is 31.7. The summed E-state index contributed by atoms with van der Waals surface area (Å²) in [6, 6.07) is -2.25. The van der Waals surface area contributed by atoms with E-state index in [1.807, 2.05) is 6.92 Å². The molecule has 0 aromatic carbocycles. The zero-order valence-electron chi connectivity index (χ0n) is 21.9. The number of alkyl halides is 4. The van der Waals surface area contributed by atoms with Gasteiger partial charge in [-0.15, -0.1) is 0 Å². The molecule has 0 saturated carbocycles. The van der Waals surface area contributed by atoms with Crippen LogP contribution >= 0.6 is 11.6 Å². The van der Waals surface area contributed by atoms with E-state index in [2.05, 4.69) is 16.9 Å². The minimum absolute atomic E-state index is 0.147. The number of amidine groups is 1. The second-order valence-electron chi connectivity index (χ2n) is 9.63. The molecule has 1 heterocycles. The van der Waals surface area contributed by atoms with Crippen molar-refractivity contribution in [2.24, 2.45) is 4.99 Å². The lowest BCUT2D eigenvalue weighted by Crippen LogP contribution is -2.57. The van der Waals surface area contributed by atoms with Crippen molar-refractivity contribution in [2.45, 2.75) is 97.0 Å². The second-order valence-corrected chi connectivity index (χ2v) is 10.1. The monoisotopic (exact) mass is 540 g/mol. The van der Waals surface area contributed by atoms with Gasteiger partial charge in [0.25, 0.3) is 0 Å². The van der Waals surface area contributed by atoms with Gasteiger partial charge in [-0.2, -0.15) is 13.2 Å². The molecule has 0 spiro atoms. The summed E-state index contributed by atoms with van der Waals surface area (Å²) >= 11 is 6.29. The van der Waals surface area contributed by atoms with E-state index in [0.717, 1.165) is 16.8 Å². The summed E-state index contributed by atoms with van der Waals surface area (Å²) in [5.74, 6) is -2.04. The van der Waals surface area contributed by atoms with Gasteiger partial charge >= 0.3 is 12.3 Å². The van der Waals surface area contributed by atoms with Crippen molar-refractivity contribution in [3.63, 3.8) is 0 Å². The molecule has 4 atom stereocenters. The van der Waals surface area contributed by atoms with E-state index < -0.39 is 54.0 Å². The molecule has 0 aliphatic carbocycles. The quantitative estimate of drug-likeness (QED) is 0.144. The Bertz CT molecular complexity index is 870. The van der Waals surface area contributed by atoms with Crippen molar-refractivity contribution in [3.05, 3.63) is 23.3 Å². The van der Waals surface area contributed by atoms with Gasteiger partial charge in [-0.1, -0.05) is 30.7 Å². The summed E-state index contributed by atoms with van der Waals surface area (Å²) in [6.45, 7) is 13.3. The molecule has 36 heavy (non-hydrogen) atoms. The minimum atomic E-state index is -4.80. The standard InChI is InChI=1S/C24H37ClF4N4O3/c1-9-14(3)11-16(25)12-19(32(8)21(30-10-2)24(27,28)29)31-20(34)18-13-17(26)15(4)33(18)22(35)36-23(5,6)7/h11,15,17-19H,3,9-10,12-13H2,1-2,4-8H3,(H,31,34)/b16-11+,30-21?/t15-,17+,18-,19?/m0/s1. The molecule has 1 aliphatic rings. The Morgan fingerprint density at radius 2 is 1.89 bits per heavy atom. The lowest BCUT2D eigenvalue weighted by Gasteiger charge is -2.35. The molecule has 0 radical (unpaired) electrons. The Kier molecular flexibility index (Phi) is 11.3. The molecule has 1 fully saturated rings. The van der Waals surface area contributed by atoms with E-state index in [4.69, 9.17) is 16.3 Å². The number of allylic oxidation sites excluding steroid dienone is 2. The third-order valence-corrected chi connectivity index (χ3v) is 5.79. The molecular weight excluding hydrogens is 504 g/mol. The maximum absolute atomic E-state index is 14.6. The van der Waals surface area contributed by atoms with Crippen LogP contribution in [0, 0.1) is 0 Å². The van der Waals surface area contributed by atoms with Crippen LogP contribution in [0.5, 0.6) is 0 Å². The van der Waals surface area contributed by atoms with E-state index in [1.54, 1.807) is 20.8 Å². The largest absolute Gasteiger partial charge is 0.449 e. The summed E-state index contributed by atoms with van der Waals surface area (Å²) in [4.78, 5) is 31.3. The van der Waals surface area contributed by atoms with Crippen LogP contribution in [0.4, 0.5) is 22.4 Å². The van der Waals surface area contributed by atoms with Crippen LogP contribution in [0.2, 0.25) is 0 Å². The first-order valence-electron chi connectivity index (χ1n) is 11.8. The first-order valence-corrected chi connectivity index (χ1v) is 12.1. The highest BCUT2D eigenvalue weighted by molar-refractivity contribution is 6.29. The van der Waals surface area contributed by atoms with Crippen molar-refractivity contribution >= 4 is 29.4 Å². The molecule has 206 valence electrons. The van der Waals surface area contributed by atoms with Gasteiger partial charge in [-0.3, -0.25) is 14.7 Å². The summed E-state index contributed by atoms with van der Waals surface area (Å²) < 4.78 is 61.1. The number of ether oxygens (including phenoxy) is 1. The number of hydrogen-bond acceptors (Lipinski definition) is 4. The van der Waals surface area contributed by atoms with Crippen LogP contribution < -0.4 is 5.32 Å². The summed E-state index contributed by atoms with van der Waals surface area (Å²) in [7, 11) is 1.13. The average molecular weight is 541 g/mol. The van der Waals surface area contributed by atoms with Crippen molar-refractivity contribution in [2.75, 3.05) is 13.6 Å². The van der Waals surface area contributed by atoms with Gasteiger partial charge in [0.05, 0.1) is 6.04 Å². The van der Waals surface area contributed by atoms with Crippen molar-refractivity contribution in [3.8, 4) is 0 Å².